The highest BCUT2D eigenvalue weighted by Gasteiger charge is 2.06. The van der Waals surface area contributed by atoms with E-state index >= 15 is 0 Å². The van der Waals surface area contributed by atoms with Crippen LogP contribution in [0.15, 0.2) is 47.4 Å². The van der Waals surface area contributed by atoms with Crippen molar-refractivity contribution in [3.05, 3.63) is 53.2 Å². The summed E-state index contributed by atoms with van der Waals surface area (Å²) in [6, 6.07) is 7.78. The lowest BCUT2D eigenvalue weighted by Crippen LogP contribution is -1.92. The van der Waals surface area contributed by atoms with Crippen LogP contribution in [0.25, 0.3) is 11.4 Å². The Labute approximate surface area is 118 Å². The third kappa shape index (κ3) is 2.60. The van der Waals surface area contributed by atoms with Gasteiger partial charge in [0.15, 0.2) is 0 Å². The Morgan fingerprint density at radius 3 is 2.65 bits per heavy atom. The molecule has 0 radical (unpaired) electrons. The number of nitrogens with zero attached hydrogens (tertiary/aromatic N) is 2. The number of benzene rings is 1. The Hall–Kier alpha value is -2.47. The zero-order valence-electron chi connectivity index (χ0n) is 10.3. The van der Waals surface area contributed by atoms with Gasteiger partial charge in [-0.25, -0.2) is 9.37 Å². The molecular formula is C14H10FN3OS. The predicted octanol–water partition coefficient (Wildman–Crippen LogP) is 3.72. The van der Waals surface area contributed by atoms with Gasteiger partial charge in [0.1, 0.15) is 17.3 Å². The largest absolute Gasteiger partial charge is 0.457 e. The minimum atomic E-state index is -0.503. The molecule has 2 heterocycles. The third-order valence-electron chi connectivity index (χ3n) is 2.63. The molecule has 0 amide bonds. The van der Waals surface area contributed by atoms with E-state index < -0.39 is 5.82 Å². The van der Waals surface area contributed by atoms with Crippen LogP contribution in [0, 0.1) is 5.82 Å². The molecule has 20 heavy (non-hydrogen) atoms. The van der Waals surface area contributed by atoms with Gasteiger partial charge in [0, 0.05) is 23.7 Å². The lowest BCUT2D eigenvalue weighted by Gasteiger charge is -2.07. The van der Waals surface area contributed by atoms with Crippen molar-refractivity contribution < 1.29 is 9.13 Å². The highest BCUT2D eigenvalue weighted by molar-refractivity contribution is 7.07. The number of halogens is 1. The molecule has 0 unspecified atom stereocenters. The van der Waals surface area contributed by atoms with E-state index in [0.717, 1.165) is 5.69 Å². The van der Waals surface area contributed by atoms with Gasteiger partial charge in [0.2, 0.25) is 0 Å². The summed E-state index contributed by atoms with van der Waals surface area (Å²) in [6.07, 6.45) is 1.62. The fourth-order valence-corrected chi connectivity index (χ4v) is 2.21. The molecule has 0 spiro atoms. The van der Waals surface area contributed by atoms with Crippen LogP contribution in [-0.4, -0.2) is 9.97 Å². The smallest absolute Gasteiger partial charge is 0.149 e. The van der Waals surface area contributed by atoms with Gasteiger partial charge >= 0.3 is 0 Å². The van der Waals surface area contributed by atoms with Crippen LogP contribution >= 0.6 is 11.3 Å². The number of hydrogen-bond donors (Lipinski definition) is 1. The maximum absolute atomic E-state index is 13.4. The normalized spacial score (nSPS) is 10.4. The number of nitrogen functional groups attached to an aromatic ring is 1. The molecule has 0 saturated heterocycles. The highest BCUT2D eigenvalue weighted by Crippen LogP contribution is 2.27. The van der Waals surface area contributed by atoms with Crippen molar-refractivity contribution in [1.29, 1.82) is 0 Å². The van der Waals surface area contributed by atoms with Gasteiger partial charge in [-0.1, -0.05) is 0 Å². The van der Waals surface area contributed by atoms with E-state index in [4.69, 9.17) is 10.5 Å². The first-order chi connectivity index (χ1) is 9.72. The molecule has 3 aromatic rings. The van der Waals surface area contributed by atoms with Gasteiger partial charge in [0.05, 0.1) is 22.6 Å². The highest BCUT2D eigenvalue weighted by atomic mass is 32.1. The van der Waals surface area contributed by atoms with Gasteiger partial charge in [-0.3, -0.25) is 4.98 Å². The molecule has 0 saturated carbocycles. The van der Waals surface area contributed by atoms with Gasteiger partial charge in [-0.2, -0.15) is 0 Å². The fourth-order valence-electron chi connectivity index (χ4n) is 1.66. The Kier molecular flexibility index (Phi) is 3.30. The maximum atomic E-state index is 13.4. The molecule has 6 heteroatoms. The average Bonchev–Trinajstić information content (AvgIpc) is 2.97. The van der Waals surface area contributed by atoms with Crippen LogP contribution in [0.3, 0.4) is 0 Å². The minimum Gasteiger partial charge on any atom is -0.457 e. The van der Waals surface area contributed by atoms with Crippen LogP contribution in [-0.2, 0) is 0 Å². The Bertz CT molecular complexity index is 731. The standard InChI is InChI=1S/C14H10FN3OS/c15-11-5-9(1-2-12(11)16)19-10-3-4-17-13(6-10)14-7-20-8-18-14/h1-8H,16H2. The molecule has 0 fully saturated rings. The minimum absolute atomic E-state index is 0.0928. The monoisotopic (exact) mass is 287 g/mol. The second-order valence-corrected chi connectivity index (χ2v) is 4.75. The zero-order chi connectivity index (χ0) is 13.9. The summed E-state index contributed by atoms with van der Waals surface area (Å²) in [5.74, 6) is 0.440. The first kappa shape index (κ1) is 12.6. The predicted molar refractivity (Wildman–Crippen MR) is 76.2 cm³/mol. The number of pyridine rings is 1. The molecule has 0 aliphatic rings. The lowest BCUT2D eigenvalue weighted by molar-refractivity contribution is 0.477. The summed E-state index contributed by atoms with van der Waals surface area (Å²) in [4.78, 5) is 8.41. The zero-order valence-corrected chi connectivity index (χ0v) is 11.1. The van der Waals surface area contributed by atoms with Crippen molar-refractivity contribution in [2.24, 2.45) is 0 Å². The summed E-state index contributed by atoms with van der Waals surface area (Å²) >= 11 is 1.49. The average molecular weight is 287 g/mol. The Morgan fingerprint density at radius 2 is 1.90 bits per heavy atom. The first-order valence-corrected chi connectivity index (χ1v) is 6.74. The second kappa shape index (κ2) is 5.26. The van der Waals surface area contributed by atoms with E-state index in [1.807, 2.05) is 5.38 Å². The van der Waals surface area contributed by atoms with Gasteiger partial charge in [0.25, 0.3) is 0 Å². The van der Waals surface area contributed by atoms with Crippen LogP contribution in [0.2, 0.25) is 0 Å². The summed E-state index contributed by atoms with van der Waals surface area (Å²) < 4.78 is 19.0. The number of thiazole rings is 1. The molecule has 0 atom stereocenters. The molecule has 0 aliphatic heterocycles. The lowest BCUT2D eigenvalue weighted by atomic mass is 10.2. The molecule has 0 bridgehead atoms. The van der Waals surface area contributed by atoms with Gasteiger partial charge in [-0.15, -0.1) is 11.3 Å². The molecular weight excluding hydrogens is 277 g/mol. The number of nitrogens with two attached hydrogens (primary N) is 1. The molecule has 2 aromatic heterocycles. The number of hydrogen-bond acceptors (Lipinski definition) is 5. The Morgan fingerprint density at radius 1 is 1.05 bits per heavy atom. The summed E-state index contributed by atoms with van der Waals surface area (Å²) in [6.45, 7) is 0. The van der Waals surface area contributed by atoms with E-state index in [-0.39, 0.29) is 5.69 Å². The molecule has 2 N–H and O–H groups in total. The maximum Gasteiger partial charge on any atom is 0.149 e. The summed E-state index contributed by atoms with van der Waals surface area (Å²) in [5, 5.41) is 1.90. The number of rotatable bonds is 3. The molecule has 100 valence electrons. The third-order valence-corrected chi connectivity index (χ3v) is 3.22. The first-order valence-electron chi connectivity index (χ1n) is 5.80. The van der Waals surface area contributed by atoms with Crippen LogP contribution < -0.4 is 10.5 Å². The number of aromatic nitrogens is 2. The molecule has 4 nitrogen and oxygen atoms in total. The molecule has 0 aliphatic carbocycles. The van der Waals surface area contributed by atoms with Crippen molar-refractivity contribution >= 4 is 17.0 Å². The summed E-state index contributed by atoms with van der Waals surface area (Å²) in [7, 11) is 0. The molecule has 3 rings (SSSR count). The van der Waals surface area contributed by atoms with Crippen molar-refractivity contribution in [3.63, 3.8) is 0 Å². The van der Waals surface area contributed by atoms with E-state index in [2.05, 4.69) is 9.97 Å². The quantitative estimate of drug-likeness (QED) is 0.746. The Balaban J connectivity index is 1.87. The van der Waals surface area contributed by atoms with Gasteiger partial charge in [-0.05, 0) is 18.2 Å². The van der Waals surface area contributed by atoms with Crippen molar-refractivity contribution in [2.45, 2.75) is 0 Å². The SMILES string of the molecule is Nc1ccc(Oc2ccnc(-c3cscn3)c2)cc1F. The van der Waals surface area contributed by atoms with Crippen LogP contribution in [0.1, 0.15) is 0 Å². The number of anilines is 1. The topological polar surface area (TPSA) is 61.0 Å². The van der Waals surface area contributed by atoms with E-state index in [9.17, 15) is 4.39 Å². The van der Waals surface area contributed by atoms with Crippen molar-refractivity contribution in [2.75, 3.05) is 5.73 Å². The van der Waals surface area contributed by atoms with Crippen LogP contribution in [0.4, 0.5) is 10.1 Å². The second-order valence-electron chi connectivity index (χ2n) is 4.04. The number of ether oxygens (including phenoxy) is 1. The summed E-state index contributed by atoms with van der Waals surface area (Å²) in [5.41, 5.74) is 8.74. The van der Waals surface area contributed by atoms with Crippen LogP contribution in [0.5, 0.6) is 11.5 Å². The van der Waals surface area contributed by atoms with E-state index in [0.29, 0.717) is 17.2 Å². The van der Waals surface area contributed by atoms with E-state index in [1.165, 1.54) is 23.5 Å². The fraction of sp³-hybridized carbons (Fsp3) is 0. The van der Waals surface area contributed by atoms with Gasteiger partial charge < -0.3 is 10.5 Å². The van der Waals surface area contributed by atoms with E-state index in [1.54, 1.807) is 29.9 Å². The molecule has 1 aromatic carbocycles. The van der Waals surface area contributed by atoms with Crippen molar-refractivity contribution in [3.8, 4) is 22.9 Å². The van der Waals surface area contributed by atoms with Crippen molar-refractivity contribution in [1.82, 2.24) is 9.97 Å².